The van der Waals surface area contributed by atoms with Gasteiger partial charge in [-0.25, -0.2) is 0 Å². The van der Waals surface area contributed by atoms with Gasteiger partial charge in [0, 0.05) is 16.8 Å². The average Bonchev–Trinajstić information content (AvgIpc) is 2.38. The zero-order chi connectivity index (χ0) is 14.0. The maximum atomic E-state index is 6.07. The highest BCUT2D eigenvalue weighted by Crippen LogP contribution is 2.33. The summed E-state index contributed by atoms with van der Waals surface area (Å²) in [5.41, 5.74) is 15.2. The molecule has 0 aliphatic rings. The van der Waals surface area contributed by atoms with E-state index in [0.717, 1.165) is 16.9 Å². The standard InChI is InChI=1S/C14H16ClN3O/c1-8-5-13(14(19-2)7-10(8)15)18-9-3-4-11(16)12(17)6-9/h3-7,18H,16-17H2,1-2H3. The van der Waals surface area contributed by atoms with Crippen LogP contribution in [0.15, 0.2) is 30.3 Å². The molecule has 4 nitrogen and oxygen atoms in total. The highest BCUT2D eigenvalue weighted by molar-refractivity contribution is 6.31. The zero-order valence-electron chi connectivity index (χ0n) is 10.8. The summed E-state index contributed by atoms with van der Waals surface area (Å²) >= 11 is 6.07. The first kappa shape index (κ1) is 13.4. The van der Waals surface area contributed by atoms with E-state index in [1.54, 1.807) is 25.3 Å². The van der Waals surface area contributed by atoms with E-state index >= 15 is 0 Å². The number of aryl methyl sites for hydroxylation is 1. The Labute approximate surface area is 117 Å². The Kier molecular flexibility index (Phi) is 3.71. The van der Waals surface area contributed by atoms with Crippen LogP contribution in [0.3, 0.4) is 0 Å². The molecular formula is C14H16ClN3O. The minimum atomic E-state index is 0.537. The van der Waals surface area contributed by atoms with Gasteiger partial charge in [0.15, 0.2) is 0 Å². The molecule has 0 aliphatic heterocycles. The third-order valence-corrected chi connectivity index (χ3v) is 3.25. The molecule has 5 N–H and O–H groups in total. The predicted octanol–water partition coefficient (Wildman–Crippen LogP) is 3.57. The summed E-state index contributed by atoms with van der Waals surface area (Å²) in [5, 5.41) is 3.91. The summed E-state index contributed by atoms with van der Waals surface area (Å²) < 4.78 is 5.30. The summed E-state index contributed by atoms with van der Waals surface area (Å²) in [6.07, 6.45) is 0. The van der Waals surface area contributed by atoms with Crippen molar-refractivity contribution in [3.05, 3.63) is 40.9 Å². The van der Waals surface area contributed by atoms with Crippen molar-refractivity contribution in [3.8, 4) is 5.75 Å². The molecule has 0 aliphatic carbocycles. The van der Waals surface area contributed by atoms with Gasteiger partial charge in [-0.05, 0) is 36.8 Å². The van der Waals surface area contributed by atoms with Gasteiger partial charge in [0.05, 0.1) is 24.2 Å². The molecule has 0 saturated heterocycles. The number of halogens is 1. The molecule has 0 heterocycles. The van der Waals surface area contributed by atoms with Crippen LogP contribution in [0.5, 0.6) is 5.75 Å². The summed E-state index contributed by atoms with van der Waals surface area (Å²) in [6, 6.07) is 9.09. The second kappa shape index (κ2) is 5.28. The quantitative estimate of drug-likeness (QED) is 0.750. The van der Waals surface area contributed by atoms with Crippen molar-refractivity contribution < 1.29 is 4.74 Å². The van der Waals surface area contributed by atoms with Crippen molar-refractivity contribution in [2.24, 2.45) is 0 Å². The zero-order valence-corrected chi connectivity index (χ0v) is 11.6. The van der Waals surface area contributed by atoms with Gasteiger partial charge >= 0.3 is 0 Å². The lowest BCUT2D eigenvalue weighted by molar-refractivity contribution is 0.417. The second-order valence-electron chi connectivity index (χ2n) is 4.27. The predicted molar refractivity (Wildman–Crippen MR) is 81.3 cm³/mol. The number of hydrogen-bond donors (Lipinski definition) is 3. The largest absolute Gasteiger partial charge is 0.495 e. The molecule has 0 radical (unpaired) electrons. The first-order chi connectivity index (χ1) is 9.01. The Morgan fingerprint density at radius 1 is 1.11 bits per heavy atom. The Balaban J connectivity index is 2.37. The van der Waals surface area contributed by atoms with E-state index < -0.39 is 0 Å². The van der Waals surface area contributed by atoms with Crippen molar-refractivity contribution in [1.82, 2.24) is 0 Å². The molecular weight excluding hydrogens is 262 g/mol. The number of rotatable bonds is 3. The van der Waals surface area contributed by atoms with Crippen LogP contribution in [0.1, 0.15) is 5.56 Å². The number of methoxy groups -OCH3 is 1. The minimum absolute atomic E-state index is 0.537. The fourth-order valence-corrected chi connectivity index (χ4v) is 1.89. The molecule has 0 saturated carbocycles. The van der Waals surface area contributed by atoms with Crippen molar-refractivity contribution in [1.29, 1.82) is 0 Å². The SMILES string of the molecule is COc1cc(Cl)c(C)cc1Nc1ccc(N)c(N)c1. The van der Waals surface area contributed by atoms with Crippen LogP contribution in [0.25, 0.3) is 0 Å². The summed E-state index contributed by atoms with van der Waals surface area (Å²) in [4.78, 5) is 0. The van der Waals surface area contributed by atoms with Crippen LogP contribution in [0.4, 0.5) is 22.7 Å². The monoisotopic (exact) mass is 277 g/mol. The number of hydrogen-bond acceptors (Lipinski definition) is 4. The molecule has 0 aromatic heterocycles. The van der Waals surface area contributed by atoms with E-state index in [9.17, 15) is 0 Å². The number of benzene rings is 2. The third-order valence-electron chi connectivity index (χ3n) is 2.85. The van der Waals surface area contributed by atoms with Gasteiger partial charge < -0.3 is 21.5 Å². The number of nitrogen functional groups attached to an aromatic ring is 2. The van der Waals surface area contributed by atoms with E-state index in [2.05, 4.69) is 5.32 Å². The second-order valence-corrected chi connectivity index (χ2v) is 4.68. The Morgan fingerprint density at radius 3 is 2.47 bits per heavy atom. The molecule has 19 heavy (non-hydrogen) atoms. The van der Waals surface area contributed by atoms with Gasteiger partial charge in [0.2, 0.25) is 0 Å². The minimum Gasteiger partial charge on any atom is -0.495 e. The first-order valence-corrected chi connectivity index (χ1v) is 6.15. The molecule has 0 fully saturated rings. The molecule has 2 rings (SSSR count). The highest BCUT2D eigenvalue weighted by Gasteiger charge is 2.07. The lowest BCUT2D eigenvalue weighted by atomic mass is 10.2. The number of anilines is 4. The van der Waals surface area contributed by atoms with Gasteiger partial charge in [0.25, 0.3) is 0 Å². The highest BCUT2D eigenvalue weighted by atomic mass is 35.5. The van der Waals surface area contributed by atoms with Gasteiger partial charge in [-0.3, -0.25) is 0 Å². The molecule has 0 atom stereocenters. The van der Waals surface area contributed by atoms with Gasteiger partial charge in [-0.15, -0.1) is 0 Å². The lowest BCUT2D eigenvalue weighted by Crippen LogP contribution is -1.99. The average molecular weight is 278 g/mol. The van der Waals surface area contributed by atoms with Gasteiger partial charge in [-0.2, -0.15) is 0 Å². The van der Waals surface area contributed by atoms with Crippen molar-refractivity contribution in [3.63, 3.8) is 0 Å². The van der Waals surface area contributed by atoms with E-state index in [1.165, 1.54) is 0 Å². The van der Waals surface area contributed by atoms with E-state index in [-0.39, 0.29) is 0 Å². The Morgan fingerprint density at radius 2 is 1.84 bits per heavy atom. The number of nitrogens with two attached hydrogens (primary N) is 2. The summed E-state index contributed by atoms with van der Waals surface area (Å²) in [6.45, 7) is 1.93. The fourth-order valence-electron chi connectivity index (χ4n) is 1.74. The smallest absolute Gasteiger partial charge is 0.143 e. The van der Waals surface area contributed by atoms with Crippen molar-refractivity contribution in [2.75, 3.05) is 23.9 Å². The molecule has 2 aromatic carbocycles. The van der Waals surface area contributed by atoms with Crippen LogP contribution < -0.4 is 21.5 Å². The maximum Gasteiger partial charge on any atom is 0.143 e. The van der Waals surface area contributed by atoms with Crippen LogP contribution in [0, 0.1) is 6.92 Å². The number of nitrogens with one attached hydrogen (secondary N) is 1. The molecule has 2 aromatic rings. The van der Waals surface area contributed by atoms with E-state index in [1.807, 2.05) is 19.1 Å². The topological polar surface area (TPSA) is 73.3 Å². The normalized spacial score (nSPS) is 10.3. The van der Waals surface area contributed by atoms with Gasteiger partial charge in [0.1, 0.15) is 5.75 Å². The maximum absolute atomic E-state index is 6.07. The van der Waals surface area contributed by atoms with Crippen molar-refractivity contribution in [2.45, 2.75) is 6.92 Å². The molecule has 100 valence electrons. The van der Waals surface area contributed by atoms with E-state index in [0.29, 0.717) is 22.1 Å². The molecule has 0 amide bonds. The van der Waals surface area contributed by atoms with Crippen LogP contribution in [0.2, 0.25) is 5.02 Å². The van der Waals surface area contributed by atoms with Gasteiger partial charge in [-0.1, -0.05) is 11.6 Å². The number of ether oxygens (including phenoxy) is 1. The van der Waals surface area contributed by atoms with Crippen molar-refractivity contribution >= 4 is 34.4 Å². The van der Waals surface area contributed by atoms with Crippen LogP contribution >= 0.6 is 11.6 Å². The third kappa shape index (κ3) is 2.85. The Bertz CT molecular complexity index is 614. The molecule has 5 heteroatoms. The summed E-state index contributed by atoms with van der Waals surface area (Å²) in [7, 11) is 1.60. The fraction of sp³-hybridized carbons (Fsp3) is 0.143. The lowest BCUT2D eigenvalue weighted by Gasteiger charge is -2.14. The van der Waals surface area contributed by atoms with Crippen LogP contribution in [-0.2, 0) is 0 Å². The van der Waals surface area contributed by atoms with Crippen LogP contribution in [-0.4, -0.2) is 7.11 Å². The van der Waals surface area contributed by atoms with E-state index in [4.69, 9.17) is 27.8 Å². The Hall–Kier alpha value is -2.07. The molecule has 0 unspecified atom stereocenters. The molecule has 0 spiro atoms. The summed E-state index contributed by atoms with van der Waals surface area (Å²) in [5.74, 6) is 0.672. The first-order valence-electron chi connectivity index (χ1n) is 5.77. The molecule has 0 bridgehead atoms.